The van der Waals surface area contributed by atoms with Gasteiger partial charge in [-0.05, 0) is 51.1 Å². The topological polar surface area (TPSA) is 94.8 Å². The number of nitrogens with one attached hydrogen (secondary N) is 1. The van der Waals surface area contributed by atoms with E-state index in [2.05, 4.69) is 30.3 Å². The smallest absolute Gasteiger partial charge is 0.406 e. The highest BCUT2D eigenvalue weighted by Crippen LogP contribution is 2.26. The molecule has 1 amide bonds. The number of thioether (sulfide) groups is 1. The third-order valence-corrected chi connectivity index (χ3v) is 4.55. The fourth-order valence-corrected chi connectivity index (χ4v) is 3.29. The molecule has 3 rings (SSSR count). The third kappa shape index (κ3) is 6.41. The van der Waals surface area contributed by atoms with Gasteiger partial charge in [0.25, 0.3) is 5.91 Å². The van der Waals surface area contributed by atoms with Gasteiger partial charge in [-0.3, -0.25) is 4.79 Å². The van der Waals surface area contributed by atoms with Crippen LogP contribution < -0.4 is 10.1 Å². The molecule has 164 valence electrons. The highest BCUT2D eigenvalue weighted by atomic mass is 32.2. The van der Waals surface area contributed by atoms with E-state index >= 15 is 0 Å². The van der Waals surface area contributed by atoms with Crippen molar-refractivity contribution in [1.82, 2.24) is 30.3 Å². The molecule has 0 fully saturated rings. The van der Waals surface area contributed by atoms with E-state index in [0.29, 0.717) is 16.5 Å². The Morgan fingerprint density at radius 2 is 1.77 bits per heavy atom. The van der Waals surface area contributed by atoms with Gasteiger partial charge in [0.05, 0.1) is 11.4 Å². The van der Waals surface area contributed by atoms with Gasteiger partial charge in [-0.1, -0.05) is 17.0 Å². The first-order valence-electron chi connectivity index (χ1n) is 9.05. The molecule has 0 atom stereocenters. The van der Waals surface area contributed by atoms with Crippen molar-refractivity contribution < 1.29 is 22.7 Å². The third-order valence-electron chi connectivity index (χ3n) is 3.66. The van der Waals surface area contributed by atoms with Crippen molar-refractivity contribution in [3.05, 3.63) is 54.1 Å². The maximum atomic E-state index is 12.7. The Labute approximate surface area is 180 Å². The number of amides is 1. The van der Waals surface area contributed by atoms with Crippen LogP contribution in [0.4, 0.5) is 13.2 Å². The first-order valence-corrected chi connectivity index (χ1v) is 10.0. The number of aromatic nitrogens is 5. The Bertz CT molecular complexity index is 1030. The predicted octanol–water partition coefficient (Wildman–Crippen LogP) is 3.78. The van der Waals surface area contributed by atoms with Crippen molar-refractivity contribution in [2.45, 2.75) is 43.6 Å². The SMILES string of the molecule is CC(C)(C)NC(=O)c1nnn(-c2ccc(OC(F)(F)F)cc2)c1CSc1ncccn1. The number of rotatable bonds is 6. The molecule has 31 heavy (non-hydrogen) atoms. The van der Waals surface area contributed by atoms with Crippen molar-refractivity contribution >= 4 is 17.7 Å². The number of alkyl halides is 3. The van der Waals surface area contributed by atoms with Crippen LogP contribution in [0.25, 0.3) is 5.69 Å². The molecule has 1 aromatic carbocycles. The van der Waals surface area contributed by atoms with E-state index in [9.17, 15) is 18.0 Å². The van der Waals surface area contributed by atoms with E-state index in [1.807, 2.05) is 20.8 Å². The van der Waals surface area contributed by atoms with Crippen LogP contribution in [0, 0.1) is 0 Å². The lowest BCUT2D eigenvalue weighted by molar-refractivity contribution is -0.274. The fraction of sp³-hybridized carbons (Fsp3) is 0.316. The zero-order valence-corrected chi connectivity index (χ0v) is 17.7. The minimum absolute atomic E-state index is 0.106. The standard InChI is InChI=1S/C19H19F3N6O2S/c1-18(2,3)25-16(29)15-14(11-31-17-23-9-4-10-24-17)28(27-26-15)12-5-7-13(8-6-12)30-19(20,21)22/h4-10H,11H2,1-3H3,(H,25,29). The molecule has 0 saturated carbocycles. The summed E-state index contributed by atoms with van der Waals surface area (Å²) in [6.45, 7) is 5.50. The van der Waals surface area contributed by atoms with Crippen LogP contribution in [0.3, 0.4) is 0 Å². The molecular formula is C19H19F3N6O2S. The van der Waals surface area contributed by atoms with Gasteiger partial charge in [0.2, 0.25) is 0 Å². The van der Waals surface area contributed by atoms with Crippen LogP contribution in [-0.4, -0.2) is 42.8 Å². The van der Waals surface area contributed by atoms with Crippen LogP contribution in [0.1, 0.15) is 37.0 Å². The van der Waals surface area contributed by atoms with Crippen LogP contribution >= 0.6 is 11.8 Å². The van der Waals surface area contributed by atoms with Gasteiger partial charge in [0.15, 0.2) is 10.9 Å². The molecule has 0 saturated heterocycles. The van der Waals surface area contributed by atoms with E-state index < -0.39 is 17.8 Å². The zero-order chi connectivity index (χ0) is 22.6. The number of hydrogen-bond acceptors (Lipinski definition) is 7. The second-order valence-corrected chi connectivity index (χ2v) is 8.30. The number of hydrogen-bond donors (Lipinski definition) is 1. The summed E-state index contributed by atoms with van der Waals surface area (Å²) in [5, 5.41) is 11.4. The van der Waals surface area contributed by atoms with Crippen LogP contribution in [-0.2, 0) is 5.75 Å². The molecule has 0 spiro atoms. The molecule has 2 heterocycles. The molecule has 0 unspecified atom stereocenters. The maximum absolute atomic E-state index is 12.7. The molecule has 12 heteroatoms. The Balaban J connectivity index is 1.92. The van der Waals surface area contributed by atoms with Gasteiger partial charge in [-0.25, -0.2) is 14.6 Å². The lowest BCUT2D eigenvalue weighted by Crippen LogP contribution is -2.41. The number of halogens is 3. The quantitative estimate of drug-likeness (QED) is 0.449. The monoisotopic (exact) mass is 452 g/mol. The second-order valence-electron chi connectivity index (χ2n) is 7.36. The predicted molar refractivity (Wildman–Crippen MR) is 107 cm³/mol. The molecule has 0 radical (unpaired) electrons. The average Bonchev–Trinajstić information content (AvgIpc) is 3.09. The molecule has 0 bridgehead atoms. The second kappa shape index (κ2) is 8.92. The summed E-state index contributed by atoms with van der Waals surface area (Å²) in [5.41, 5.74) is 0.476. The largest absolute Gasteiger partial charge is 0.573 e. The van der Waals surface area contributed by atoms with Gasteiger partial charge in [-0.15, -0.1) is 18.3 Å². The van der Waals surface area contributed by atoms with Crippen LogP contribution in [0.2, 0.25) is 0 Å². The van der Waals surface area contributed by atoms with Crippen molar-refractivity contribution in [3.8, 4) is 11.4 Å². The average molecular weight is 452 g/mol. The van der Waals surface area contributed by atoms with Crippen LogP contribution in [0.15, 0.2) is 47.9 Å². The van der Waals surface area contributed by atoms with E-state index in [1.165, 1.54) is 28.6 Å². The summed E-state index contributed by atoms with van der Waals surface area (Å²) in [6.07, 6.45) is -1.60. The molecule has 3 aromatic rings. The van der Waals surface area contributed by atoms with Crippen molar-refractivity contribution in [3.63, 3.8) is 0 Å². The normalized spacial score (nSPS) is 11.9. The number of ether oxygens (including phenoxy) is 1. The summed E-state index contributed by atoms with van der Waals surface area (Å²) in [5.74, 6) is -0.527. The number of benzene rings is 1. The highest BCUT2D eigenvalue weighted by Gasteiger charge is 2.31. The fourth-order valence-electron chi connectivity index (χ4n) is 2.50. The molecule has 0 aliphatic carbocycles. The van der Waals surface area contributed by atoms with E-state index in [4.69, 9.17) is 0 Å². The molecule has 1 N–H and O–H groups in total. The van der Waals surface area contributed by atoms with Crippen molar-refractivity contribution in [2.24, 2.45) is 0 Å². The van der Waals surface area contributed by atoms with Gasteiger partial charge in [-0.2, -0.15) is 0 Å². The molecule has 0 aliphatic heterocycles. The summed E-state index contributed by atoms with van der Waals surface area (Å²) in [7, 11) is 0. The van der Waals surface area contributed by atoms with E-state index in [-0.39, 0.29) is 17.2 Å². The summed E-state index contributed by atoms with van der Waals surface area (Å²) >= 11 is 1.27. The van der Waals surface area contributed by atoms with E-state index in [0.717, 1.165) is 12.1 Å². The lowest BCUT2D eigenvalue weighted by atomic mass is 10.1. The zero-order valence-electron chi connectivity index (χ0n) is 16.8. The number of carbonyl (C=O) groups is 1. The summed E-state index contributed by atoms with van der Waals surface area (Å²) in [6, 6.07) is 6.80. The lowest BCUT2D eigenvalue weighted by Gasteiger charge is -2.20. The molecule has 0 aliphatic rings. The number of carbonyl (C=O) groups excluding carboxylic acids is 1. The van der Waals surface area contributed by atoms with Gasteiger partial charge in [0.1, 0.15) is 5.75 Å². The van der Waals surface area contributed by atoms with Crippen molar-refractivity contribution in [2.75, 3.05) is 0 Å². The number of nitrogens with zero attached hydrogens (tertiary/aromatic N) is 5. The Morgan fingerprint density at radius 1 is 1.13 bits per heavy atom. The van der Waals surface area contributed by atoms with Crippen molar-refractivity contribution in [1.29, 1.82) is 0 Å². The van der Waals surface area contributed by atoms with Gasteiger partial charge < -0.3 is 10.1 Å². The minimum Gasteiger partial charge on any atom is -0.406 e. The molecular weight excluding hydrogens is 433 g/mol. The Morgan fingerprint density at radius 3 is 2.35 bits per heavy atom. The first kappa shape index (κ1) is 22.5. The van der Waals surface area contributed by atoms with Gasteiger partial charge >= 0.3 is 6.36 Å². The van der Waals surface area contributed by atoms with E-state index in [1.54, 1.807) is 18.5 Å². The highest BCUT2D eigenvalue weighted by molar-refractivity contribution is 7.98. The van der Waals surface area contributed by atoms with Crippen LogP contribution in [0.5, 0.6) is 5.75 Å². The Hall–Kier alpha value is -3.15. The minimum atomic E-state index is -4.79. The van der Waals surface area contributed by atoms with Gasteiger partial charge in [0, 0.05) is 23.7 Å². The molecule has 2 aromatic heterocycles. The Kier molecular flexibility index (Phi) is 6.48. The first-order chi connectivity index (χ1) is 14.5. The maximum Gasteiger partial charge on any atom is 0.573 e. The molecule has 8 nitrogen and oxygen atoms in total. The summed E-state index contributed by atoms with van der Waals surface area (Å²) < 4.78 is 42.5. The summed E-state index contributed by atoms with van der Waals surface area (Å²) in [4.78, 5) is 21.0.